The van der Waals surface area contributed by atoms with Gasteiger partial charge in [-0.1, -0.05) is 25.7 Å². The molecular weight excluding hydrogens is 224 g/mol. The van der Waals surface area contributed by atoms with Crippen molar-refractivity contribution >= 4 is 5.91 Å². The minimum atomic E-state index is 0.292. The van der Waals surface area contributed by atoms with Gasteiger partial charge >= 0.3 is 0 Å². The van der Waals surface area contributed by atoms with E-state index in [2.05, 4.69) is 10.6 Å². The van der Waals surface area contributed by atoms with Crippen LogP contribution in [0.1, 0.15) is 64.2 Å². The molecule has 1 aliphatic carbocycles. The molecule has 3 nitrogen and oxygen atoms in total. The van der Waals surface area contributed by atoms with Gasteiger partial charge in [-0.15, -0.1) is 0 Å². The van der Waals surface area contributed by atoms with Crippen molar-refractivity contribution in [2.24, 2.45) is 5.92 Å². The highest BCUT2D eigenvalue weighted by atomic mass is 16.1. The maximum atomic E-state index is 11.9. The Morgan fingerprint density at radius 2 is 1.67 bits per heavy atom. The molecule has 0 atom stereocenters. The molecule has 0 aromatic heterocycles. The number of carbonyl (C=O) groups is 1. The van der Waals surface area contributed by atoms with Crippen LogP contribution in [0.2, 0.25) is 0 Å². The maximum absolute atomic E-state index is 11.9. The molecular formula is C15H28N2O. The number of hydrogen-bond acceptors (Lipinski definition) is 2. The van der Waals surface area contributed by atoms with Gasteiger partial charge in [-0.05, 0) is 51.1 Å². The fourth-order valence-electron chi connectivity index (χ4n) is 3.23. The van der Waals surface area contributed by atoms with E-state index >= 15 is 0 Å². The molecule has 2 N–H and O–H groups in total. The fraction of sp³-hybridized carbons (Fsp3) is 0.933. The van der Waals surface area contributed by atoms with Crippen molar-refractivity contribution in [3.63, 3.8) is 0 Å². The van der Waals surface area contributed by atoms with E-state index in [0.717, 1.165) is 31.8 Å². The summed E-state index contributed by atoms with van der Waals surface area (Å²) >= 11 is 0. The monoisotopic (exact) mass is 252 g/mol. The predicted molar refractivity (Wildman–Crippen MR) is 74.5 cm³/mol. The van der Waals surface area contributed by atoms with Gasteiger partial charge in [0.25, 0.3) is 0 Å². The second kappa shape index (κ2) is 7.78. The number of nitrogens with one attached hydrogen (secondary N) is 2. The van der Waals surface area contributed by atoms with Gasteiger partial charge in [0.1, 0.15) is 0 Å². The van der Waals surface area contributed by atoms with Gasteiger partial charge in [-0.3, -0.25) is 4.79 Å². The Morgan fingerprint density at radius 1 is 1.00 bits per heavy atom. The van der Waals surface area contributed by atoms with Crippen LogP contribution in [0.3, 0.4) is 0 Å². The first kappa shape index (κ1) is 13.9. The number of rotatable bonds is 4. The van der Waals surface area contributed by atoms with E-state index in [9.17, 15) is 4.79 Å². The molecule has 2 rings (SSSR count). The summed E-state index contributed by atoms with van der Waals surface area (Å²) in [5, 5.41) is 6.62. The van der Waals surface area contributed by atoms with Gasteiger partial charge in [-0.25, -0.2) is 0 Å². The molecule has 3 heteroatoms. The van der Waals surface area contributed by atoms with Crippen LogP contribution in [-0.2, 0) is 4.79 Å². The molecule has 1 heterocycles. The summed E-state index contributed by atoms with van der Waals surface area (Å²) in [4.78, 5) is 11.9. The van der Waals surface area contributed by atoms with Gasteiger partial charge < -0.3 is 10.6 Å². The van der Waals surface area contributed by atoms with Crippen molar-refractivity contribution in [2.75, 3.05) is 13.1 Å². The molecule has 2 fully saturated rings. The zero-order valence-corrected chi connectivity index (χ0v) is 11.5. The van der Waals surface area contributed by atoms with Crippen LogP contribution in [0.4, 0.5) is 0 Å². The third kappa shape index (κ3) is 4.97. The van der Waals surface area contributed by atoms with Crippen LogP contribution in [0.15, 0.2) is 0 Å². The van der Waals surface area contributed by atoms with Crippen LogP contribution in [0.25, 0.3) is 0 Å². The Hall–Kier alpha value is -0.570. The first-order valence-corrected chi connectivity index (χ1v) is 7.84. The van der Waals surface area contributed by atoms with Gasteiger partial charge in [0.2, 0.25) is 5.91 Å². The van der Waals surface area contributed by atoms with E-state index in [1.165, 1.54) is 51.4 Å². The normalized spacial score (nSPS) is 23.6. The quantitative estimate of drug-likeness (QED) is 0.755. The molecule has 0 aromatic rings. The summed E-state index contributed by atoms with van der Waals surface area (Å²) in [6.45, 7) is 2.27. The summed E-state index contributed by atoms with van der Waals surface area (Å²) < 4.78 is 0. The molecule has 0 bridgehead atoms. The number of piperidine rings is 1. The summed E-state index contributed by atoms with van der Waals surface area (Å²) in [5.74, 6) is 1.06. The summed E-state index contributed by atoms with van der Waals surface area (Å²) in [6.07, 6.45) is 12.0. The third-order valence-corrected chi connectivity index (χ3v) is 4.46. The number of amides is 1. The first-order valence-electron chi connectivity index (χ1n) is 7.84. The fourth-order valence-corrected chi connectivity index (χ4v) is 3.23. The van der Waals surface area contributed by atoms with Gasteiger partial charge in [0.15, 0.2) is 0 Å². The second-order valence-electron chi connectivity index (χ2n) is 5.99. The molecule has 0 unspecified atom stereocenters. The molecule has 18 heavy (non-hydrogen) atoms. The molecule has 0 radical (unpaired) electrons. The van der Waals surface area contributed by atoms with E-state index in [4.69, 9.17) is 0 Å². The lowest BCUT2D eigenvalue weighted by molar-refractivity contribution is -0.122. The maximum Gasteiger partial charge on any atom is 0.220 e. The average molecular weight is 252 g/mol. The lowest BCUT2D eigenvalue weighted by Gasteiger charge is -2.23. The highest BCUT2D eigenvalue weighted by molar-refractivity contribution is 5.76. The lowest BCUT2D eigenvalue weighted by Crippen LogP contribution is -2.35. The molecule has 0 aromatic carbocycles. The molecule has 1 aliphatic heterocycles. The minimum absolute atomic E-state index is 0.292. The SMILES string of the molecule is O=C(CCC1CCNCC1)NC1CCCCCC1. The van der Waals surface area contributed by atoms with E-state index in [0.29, 0.717) is 11.9 Å². The topological polar surface area (TPSA) is 41.1 Å². The number of hydrogen-bond donors (Lipinski definition) is 2. The molecule has 1 amide bonds. The van der Waals surface area contributed by atoms with Crippen LogP contribution >= 0.6 is 0 Å². The van der Waals surface area contributed by atoms with Gasteiger partial charge in [-0.2, -0.15) is 0 Å². The Balaban J connectivity index is 1.61. The van der Waals surface area contributed by atoms with E-state index in [1.807, 2.05) is 0 Å². The van der Waals surface area contributed by atoms with Crippen LogP contribution < -0.4 is 10.6 Å². The van der Waals surface area contributed by atoms with Crippen molar-refractivity contribution in [1.82, 2.24) is 10.6 Å². The van der Waals surface area contributed by atoms with Gasteiger partial charge in [0.05, 0.1) is 0 Å². The van der Waals surface area contributed by atoms with Crippen molar-refractivity contribution < 1.29 is 4.79 Å². The smallest absolute Gasteiger partial charge is 0.220 e. The molecule has 0 spiro atoms. The highest BCUT2D eigenvalue weighted by Gasteiger charge is 2.17. The third-order valence-electron chi connectivity index (χ3n) is 4.46. The van der Waals surface area contributed by atoms with E-state index in [1.54, 1.807) is 0 Å². The van der Waals surface area contributed by atoms with Crippen LogP contribution in [0.5, 0.6) is 0 Å². The molecule has 2 aliphatic rings. The second-order valence-corrected chi connectivity index (χ2v) is 5.99. The van der Waals surface area contributed by atoms with Gasteiger partial charge in [0, 0.05) is 12.5 Å². The lowest BCUT2D eigenvalue weighted by atomic mass is 9.93. The minimum Gasteiger partial charge on any atom is -0.353 e. The zero-order chi connectivity index (χ0) is 12.6. The van der Waals surface area contributed by atoms with Crippen LogP contribution in [0, 0.1) is 5.92 Å². The Morgan fingerprint density at radius 3 is 2.33 bits per heavy atom. The summed E-state index contributed by atoms with van der Waals surface area (Å²) in [6, 6.07) is 0.466. The van der Waals surface area contributed by atoms with E-state index in [-0.39, 0.29) is 0 Å². The average Bonchev–Trinajstić information content (AvgIpc) is 2.66. The van der Waals surface area contributed by atoms with Crippen LogP contribution in [-0.4, -0.2) is 25.0 Å². The van der Waals surface area contributed by atoms with Crippen molar-refractivity contribution in [3.8, 4) is 0 Å². The first-order chi connectivity index (χ1) is 8.84. The van der Waals surface area contributed by atoms with Crippen molar-refractivity contribution in [3.05, 3.63) is 0 Å². The Kier molecular flexibility index (Phi) is 5.98. The summed E-state index contributed by atoms with van der Waals surface area (Å²) in [7, 11) is 0. The largest absolute Gasteiger partial charge is 0.353 e. The zero-order valence-electron chi connectivity index (χ0n) is 11.5. The Bertz CT molecular complexity index is 241. The standard InChI is InChI=1S/C15H28N2O/c18-15(8-7-13-9-11-16-12-10-13)17-14-5-3-1-2-4-6-14/h13-14,16H,1-12H2,(H,17,18). The molecule has 1 saturated carbocycles. The molecule has 1 saturated heterocycles. The Labute approximate surface area is 111 Å². The number of carbonyl (C=O) groups excluding carboxylic acids is 1. The van der Waals surface area contributed by atoms with Crippen molar-refractivity contribution in [2.45, 2.75) is 70.3 Å². The van der Waals surface area contributed by atoms with Crippen molar-refractivity contribution in [1.29, 1.82) is 0 Å². The van der Waals surface area contributed by atoms with E-state index < -0.39 is 0 Å². The molecule has 104 valence electrons. The predicted octanol–water partition coefficient (Wildman–Crippen LogP) is 2.61. The highest BCUT2D eigenvalue weighted by Crippen LogP contribution is 2.19. The summed E-state index contributed by atoms with van der Waals surface area (Å²) in [5.41, 5.74) is 0.